The van der Waals surface area contributed by atoms with Gasteiger partial charge in [0.05, 0.1) is 24.8 Å². The van der Waals surface area contributed by atoms with Crippen LogP contribution in [0.15, 0.2) is 30.5 Å². The number of aryl methyl sites for hydroxylation is 1. The number of likely N-dealkylation sites (tertiary alicyclic amines) is 1. The Kier molecular flexibility index (Phi) is 6.88. The molecule has 0 amide bonds. The fourth-order valence-corrected chi connectivity index (χ4v) is 5.30. The van der Waals surface area contributed by atoms with Crippen LogP contribution >= 0.6 is 0 Å². The van der Waals surface area contributed by atoms with E-state index >= 15 is 0 Å². The second-order valence-corrected chi connectivity index (χ2v) is 10.2. The largest absolute Gasteiger partial charge is 0.486 e. The van der Waals surface area contributed by atoms with Crippen LogP contribution in [-0.4, -0.2) is 59.2 Å². The maximum Gasteiger partial charge on any atom is 0.178 e. The minimum absolute atomic E-state index is 0.0793. The molecular formula is C28H33F2N5O. The van der Waals surface area contributed by atoms with E-state index in [4.69, 9.17) is 9.72 Å². The van der Waals surface area contributed by atoms with Gasteiger partial charge in [0.25, 0.3) is 0 Å². The molecule has 0 N–H and O–H groups in total. The third-order valence-electron chi connectivity index (χ3n) is 7.28. The molecule has 1 saturated heterocycles. The van der Waals surface area contributed by atoms with Crippen LogP contribution in [0.4, 0.5) is 14.5 Å². The highest BCUT2D eigenvalue weighted by Gasteiger charge is 2.26. The molecule has 36 heavy (non-hydrogen) atoms. The maximum absolute atomic E-state index is 15.0. The Bertz CT molecular complexity index is 1260. The van der Waals surface area contributed by atoms with Gasteiger partial charge in [-0.05, 0) is 83.4 Å². The van der Waals surface area contributed by atoms with Crippen molar-refractivity contribution in [3.8, 4) is 17.0 Å². The highest BCUT2D eigenvalue weighted by Crippen LogP contribution is 2.39. The van der Waals surface area contributed by atoms with Gasteiger partial charge in [-0.2, -0.15) is 0 Å². The molecular weight excluding hydrogens is 460 g/mol. The summed E-state index contributed by atoms with van der Waals surface area (Å²) in [5, 5.41) is 0. The number of benzene rings is 1. The molecule has 1 aromatic carbocycles. The number of pyridine rings is 1. The molecule has 0 aliphatic carbocycles. The van der Waals surface area contributed by atoms with E-state index in [-0.39, 0.29) is 17.5 Å². The third-order valence-corrected chi connectivity index (χ3v) is 7.28. The van der Waals surface area contributed by atoms with Crippen molar-refractivity contribution < 1.29 is 13.5 Å². The van der Waals surface area contributed by atoms with Gasteiger partial charge in [-0.1, -0.05) is 6.07 Å². The molecule has 190 valence electrons. The van der Waals surface area contributed by atoms with Crippen LogP contribution in [0.1, 0.15) is 55.4 Å². The summed E-state index contributed by atoms with van der Waals surface area (Å²) in [6, 6.07) is 7.38. The normalized spacial score (nSPS) is 16.8. The first-order valence-corrected chi connectivity index (χ1v) is 12.7. The lowest BCUT2D eigenvalue weighted by Crippen LogP contribution is -2.38. The van der Waals surface area contributed by atoms with Gasteiger partial charge in [-0.3, -0.25) is 4.98 Å². The second kappa shape index (κ2) is 10.1. The average Bonchev–Trinajstić information content (AvgIpc) is 2.85. The van der Waals surface area contributed by atoms with Crippen molar-refractivity contribution in [1.82, 2.24) is 19.9 Å². The second-order valence-electron chi connectivity index (χ2n) is 10.2. The van der Waals surface area contributed by atoms with Gasteiger partial charge in [0, 0.05) is 23.0 Å². The number of hydrogen-bond donors (Lipinski definition) is 0. The van der Waals surface area contributed by atoms with Crippen molar-refractivity contribution in [3.63, 3.8) is 0 Å². The zero-order valence-electron chi connectivity index (χ0n) is 21.4. The molecule has 0 radical (unpaired) electrons. The van der Waals surface area contributed by atoms with Crippen LogP contribution in [-0.2, 0) is 6.42 Å². The predicted octanol–water partition coefficient (Wildman–Crippen LogP) is 5.13. The van der Waals surface area contributed by atoms with Gasteiger partial charge < -0.3 is 14.5 Å². The van der Waals surface area contributed by atoms with Gasteiger partial charge in [0.2, 0.25) is 0 Å². The lowest BCUT2D eigenvalue weighted by Gasteiger charge is -2.34. The van der Waals surface area contributed by atoms with Crippen molar-refractivity contribution in [3.05, 3.63) is 64.9 Å². The fourth-order valence-electron chi connectivity index (χ4n) is 5.30. The quantitative estimate of drug-likeness (QED) is 0.491. The van der Waals surface area contributed by atoms with E-state index in [0.29, 0.717) is 42.6 Å². The van der Waals surface area contributed by atoms with Gasteiger partial charge in [0.15, 0.2) is 17.4 Å². The summed E-state index contributed by atoms with van der Waals surface area (Å²) >= 11 is 0. The number of piperidine rings is 1. The Morgan fingerprint density at radius 2 is 1.83 bits per heavy atom. The van der Waals surface area contributed by atoms with Crippen LogP contribution in [0, 0.1) is 18.6 Å². The Morgan fingerprint density at radius 1 is 1.06 bits per heavy atom. The van der Waals surface area contributed by atoms with Crippen LogP contribution in [0.3, 0.4) is 0 Å². The molecule has 0 spiro atoms. The number of halogens is 2. The van der Waals surface area contributed by atoms with Gasteiger partial charge >= 0.3 is 0 Å². The minimum Gasteiger partial charge on any atom is -0.486 e. The SMILES string of the molecule is Cc1nc(Cc2ncc(F)c(-c3cc(F)c4c(c3)N(C(C)C)CCO4)n2)ccc1C1CCN(C)CC1. The maximum atomic E-state index is 15.0. The number of anilines is 1. The van der Waals surface area contributed by atoms with Crippen LogP contribution < -0.4 is 9.64 Å². The molecule has 3 aromatic rings. The summed E-state index contributed by atoms with van der Waals surface area (Å²) in [7, 11) is 2.16. The van der Waals surface area contributed by atoms with Gasteiger partial charge in [-0.15, -0.1) is 0 Å². The number of nitrogens with zero attached hydrogens (tertiary/aromatic N) is 5. The summed E-state index contributed by atoms with van der Waals surface area (Å²) in [5.74, 6) is 0.0739. The van der Waals surface area contributed by atoms with E-state index in [1.165, 1.54) is 11.6 Å². The molecule has 0 unspecified atom stereocenters. The zero-order valence-corrected chi connectivity index (χ0v) is 21.4. The van der Waals surface area contributed by atoms with E-state index < -0.39 is 11.6 Å². The number of rotatable bonds is 5. The number of ether oxygens (including phenoxy) is 1. The monoisotopic (exact) mass is 493 g/mol. The highest BCUT2D eigenvalue weighted by molar-refractivity contribution is 5.72. The van der Waals surface area contributed by atoms with E-state index in [0.717, 1.165) is 43.5 Å². The molecule has 4 heterocycles. The summed E-state index contributed by atoms with van der Waals surface area (Å²) < 4.78 is 35.4. The topological polar surface area (TPSA) is 54.4 Å². The average molecular weight is 494 g/mol. The van der Waals surface area contributed by atoms with Gasteiger partial charge in [0.1, 0.15) is 18.1 Å². The van der Waals surface area contributed by atoms with E-state index in [1.54, 1.807) is 6.07 Å². The molecule has 0 atom stereocenters. The Labute approximate surface area is 211 Å². The zero-order chi connectivity index (χ0) is 25.4. The van der Waals surface area contributed by atoms with Gasteiger partial charge in [-0.25, -0.2) is 18.7 Å². The Balaban J connectivity index is 1.41. The molecule has 2 aromatic heterocycles. The minimum atomic E-state index is -0.590. The first kappa shape index (κ1) is 24.6. The molecule has 8 heteroatoms. The summed E-state index contributed by atoms with van der Waals surface area (Å²) in [5.41, 5.74) is 4.22. The first-order chi connectivity index (χ1) is 17.3. The first-order valence-electron chi connectivity index (χ1n) is 12.7. The summed E-state index contributed by atoms with van der Waals surface area (Å²) in [6.45, 7) is 9.38. The highest BCUT2D eigenvalue weighted by atomic mass is 19.1. The van der Waals surface area contributed by atoms with Crippen molar-refractivity contribution in [1.29, 1.82) is 0 Å². The van der Waals surface area contributed by atoms with E-state index in [9.17, 15) is 8.78 Å². The predicted molar refractivity (Wildman–Crippen MR) is 137 cm³/mol. The number of hydrogen-bond acceptors (Lipinski definition) is 6. The Morgan fingerprint density at radius 3 is 2.56 bits per heavy atom. The molecule has 1 fully saturated rings. The van der Waals surface area contributed by atoms with Crippen molar-refractivity contribution >= 4 is 5.69 Å². The Hall–Kier alpha value is -3.13. The molecule has 0 saturated carbocycles. The van der Waals surface area contributed by atoms with Crippen molar-refractivity contribution in [2.75, 3.05) is 38.2 Å². The fraction of sp³-hybridized carbons (Fsp3) is 0.464. The molecule has 2 aliphatic heterocycles. The van der Waals surface area contributed by atoms with Crippen molar-refractivity contribution in [2.24, 2.45) is 0 Å². The number of fused-ring (bicyclic) bond motifs is 1. The van der Waals surface area contributed by atoms with E-state index in [1.807, 2.05) is 26.8 Å². The van der Waals surface area contributed by atoms with E-state index in [2.05, 4.69) is 32.9 Å². The number of aromatic nitrogens is 3. The summed E-state index contributed by atoms with van der Waals surface area (Å²) in [4.78, 5) is 17.9. The lowest BCUT2D eigenvalue weighted by molar-refractivity contribution is 0.255. The smallest absolute Gasteiger partial charge is 0.178 e. The lowest BCUT2D eigenvalue weighted by atomic mass is 9.88. The van der Waals surface area contributed by atoms with Crippen LogP contribution in [0.5, 0.6) is 5.75 Å². The molecule has 5 rings (SSSR count). The van der Waals surface area contributed by atoms with Crippen LogP contribution in [0.2, 0.25) is 0 Å². The molecule has 0 bridgehead atoms. The molecule has 2 aliphatic rings. The van der Waals surface area contributed by atoms with Crippen LogP contribution in [0.25, 0.3) is 11.3 Å². The molecule has 6 nitrogen and oxygen atoms in total. The van der Waals surface area contributed by atoms with Crippen molar-refractivity contribution in [2.45, 2.75) is 52.0 Å². The summed E-state index contributed by atoms with van der Waals surface area (Å²) in [6.07, 6.45) is 3.81. The third kappa shape index (κ3) is 4.91. The standard InChI is InChI=1S/C28H33F2N5O/c1-17(2)35-11-12-36-28-23(29)13-20(14-25(28)35)27-24(30)16-31-26(33-27)15-21-5-6-22(18(3)32-21)19-7-9-34(4)10-8-19/h5-6,13-14,16-17,19H,7-12,15H2,1-4H3.